The molecule has 0 saturated carbocycles. The summed E-state index contributed by atoms with van der Waals surface area (Å²) in [5.41, 5.74) is 12.6. The summed E-state index contributed by atoms with van der Waals surface area (Å²) < 4.78 is 0. The van der Waals surface area contributed by atoms with Crippen LogP contribution in [0, 0.1) is 0 Å². The van der Waals surface area contributed by atoms with Gasteiger partial charge in [-0.15, -0.1) is 0 Å². The normalized spacial score (nSPS) is 14.5. The predicted octanol–water partition coefficient (Wildman–Crippen LogP) is -1.28. The van der Waals surface area contributed by atoms with Crippen LogP contribution in [0.15, 0.2) is 30.5 Å². The van der Waals surface area contributed by atoms with Gasteiger partial charge in [-0.25, -0.2) is 4.79 Å². The Balaban J connectivity index is 2.02. The van der Waals surface area contributed by atoms with Crippen LogP contribution in [-0.2, 0) is 25.6 Å². The molecule has 3 amide bonds. The van der Waals surface area contributed by atoms with E-state index in [2.05, 4.69) is 20.9 Å². The number of hydrogen-bond donors (Lipinski definition) is 8. The number of aliphatic hydroxyl groups is 1. The maximum atomic E-state index is 12.8. The van der Waals surface area contributed by atoms with E-state index in [0.29, 0.717) is 19.4 Å². The highest BCUT2D eigenvalue weighted by Gasteiger charge is 2.28. The minimum absolute atomic E-state index is 0.0442. The number of carboxylic acid groups (broad SMARTS) is 1. The van der Waals surface area contributed by atoms with Crippen molar-refractivity contribution in [3.63, 3.8) is 0 Å². The molecule has 0 aliphatic rings. The number of para-hydroxylation sites is 1. The number of carboxylic acids is 1. The second-order valence-corrected chi connectivity index (χ2v) is 8.33. The number of carbonyl (C=O) groups is 4. The van der Waals surface area contributed by atoms with Crippen LogP contribution >= 0.6 is 0 Å². The van der Waals surface area contributed by atoms with Gasteiger partial charge in [0.2, 0.25) is 17.7 Å². The van der Waals surface area contributed by atoms with Gasteiger partial charge in [0.15, 0.2) is 0 Å². The molecule has 0 aliphatic heterocycles. The molecule has 0 radical (unpaired) electrons. The molecule has 10 N–H and O–H groups in total. The highest BCUT2D eigenvalue weighted by molar-refractivity contribution is 5.94. The zero-order valence-corrected chi connectivity index (χ0v) is 19.6. The van der Waals surface area contributed by atoms with Crippen molar-refractivity contribution < 1.29 is 29.4 Å². The number of fused-ring (bicyclic) bond motifs is 1. The minimum atomic E-state index is -1.22. The molecule has 1 heterocycles. The van der Waals surface area contributed by atoms with E-state index in [1.165, 1.54) is 6.92 Å². The van der Waals surface area contributed by atoms with Gasteiger partial charge in [-0.05, 0) is 44.4 Å². The molecule has 35 heavy (non-hydrogen) atoms. The number of hydrogen-bond acceptors (Lipinski definition) is 7. The lowest BCUT2D eigenvalue weighted by atomic mass is 10.0. The number of H-pyrrole nitrogens is 1. The van der Waals surface area contributed by atoms with Crippen molar-refractivity contribution >= 4 is 34.6 Å². The molecule has 4 atom stereocenters. The van der Waals surface area contributed by atoms with Crippen molar-refractivity contribution in [2.24, 2.45) is 11.5 Å². The fourth-order valence-electron chi connectivity index (χ4n) is 3.52. The van der Waals surface area contributed by atoms with E-state index in [9.17, 15) is 24.3 Å². The summed E-state index contributed by atoms with van der Waals surface area (Å²) in [6.07, 6.45) is 3.15. The summed E-state index contributed by atoms with van der Waals surface area (Å²) in [6, 6.07) is 2.92. The van der Waals surface area contributed by atoms with E-state index in [0.717, 1.165) is 16.5 Å². The van der Waals surface area contributed by atoms with E-state index in [1.807, 2.05) is 24.3 Å². The molecule has 1 aromatic carbocycles. The van der Waals surface area contributed by atoms with Crippen LogP contribution < -0.4 is 27.4 Å². The number of amides is 3. The van der Waals surface area contributed by atoms with Gasteiger partial charge >= 0.3 is 5.97 Å². The number of aliphatic carboxylic acids is 1. The van der Waals surface area contributed by atoms with Gasteiger partial charge < -0.3 is 42.6 Å². The van der Waals surface area contributed by atoms with Gasteiger partial charge in [-0.2, -0.15) is 0 Å². The zero-order valence-electron chi connectivity index (χ0n) is 19.6. The van der Waals surface area contributed by atoms with Gasteiger partial charge in [-0.3, -0.25) is 14.4 Å². The minimum Gasteiger partial charge on any atom is -0.480 e. The van der Waals surface area contributed by atoms with Crippen molar-refractivity contribution in [2.45, 2.75) is 56.8 Å². The Morgan fingerprint density at radius 3 is 2.34 bits per heavy atom. The SMILES string of the molecule is CC(NC(=O)C(CCCCN)NC(=O)C(N)CO)C(=O)NC(Cc1c[nH]c2ccccc12)C(=O)O. The molecule has 0 fully saturated rings. The fraction of sp³-hybridized carbons (Fsp3) is 0.478. The van der Waals surface area contributed by atoms with E-state index >= 15 is 0 Å². The molecular formula is C23H34N6O6. The molecule has 4 unspecified atom stereocenters. The second-order valence-electron chi connectivity index (χ2n) is 8.33. The number of unbranched alkanes of at least 4 members (excludes halogenated alkanes) is 1. The predicted molar refractivity (Wildman–Crippen MR) is 129 cm³/mol. The molecule has 0 spiro atoms. The Kier molecular flexibility index (Phi) is 10.6. The number of benzene rings is 1. The third kappa shape index (κ3) is 8.05. The molecular weight excluding hydrogens is 456 g/mol. The summed E-state index contributed by atoms with van der Waals surface area (Å²) in [6.45, 7) is 1.23. The smallest absolute Gasteiger partial charge is 0.326 e. The van der Waals surface area contributed by atoms with Gasteiger partial charge in [0, 0.05) is 23.5 Å². The number of aromatic nitrogens is 1. The van der Waals surface area contributed by atoms with Crippen LogP contribution in [0.4, 0.5) is 0 Å². The Morgan fingerprint density at radius 2 is 1.69 bits per heavy atom. The van der Waals surface area contributed by atoms with Crippen LogP contribution in [0.3, 0.4) is 0 Å². The van der Waals surface area contributed by atoms with Crippen molar-refractivity contribution in [3.05, 3.63) is 36.0 Å². The molecule has 192 valence electrons. The molecule has 0 saturated heterocycles. The average molecular weight is 491 g/mol. The highest BCUT2D eigenvalue weighted by atomic mass is 16.4. The number of nitrogens with one attached hydrogen (secondary N) is 4. The first kappa shape index (κ1) is 27.8. The number of nitrogens with two attached hydrogens (primary N) is 2. The summed E-state index contributed by atoms with van der Waals surface area (Å²) >= 11 is 0. The van der Waals surface area contributed by atoms with Crippen LogP contribution in [0.1, 0.15) is 31.7 Å². The summed E-state index contributed by atoms with van der Waals surface area (Å²) in [4.78, 5) is 52.4. The number of carbonyl (C=O) groups excluding carboxylic acids is 3. The van der Waals surface area contributed by atoms with Gasteiger partial charge in [0.25, 0.3) is 0 Å². The van der Waals surface area contributed by atoms with Crippen molar-refractivity contribution in [2.75, 3.05) is 13.2 Å². The topological polar surface area (TPSA) is 213 Å². The molecule has 2 aromatic rings. The Bertz CT molecular complexity index is 1020. The van der Waals surface area contributed by atoms with E-state index in [4.69, 9.17) is 16.6 Å². The second kappa shape index (κ2) is 13.4. The largest absolute Gasteiger partial charge is 0.480 e. The molecule has 2 rings (SSSR count). The summed E-state index contributed by atoms with van der Waals surface area (Å²) in [5, 5.41) is 27.0. The fourth-order valence-corrected chi connectivity index (χ4v) is 3.52. The van der Waals surface area contributed by atoms with Crippen LogP contribution in [0.2, 0.25) is 0 Å². The molecule has 12 heteroatoms. The van der Waals surface area contributed by atoms with Gasteiger partial charge in [-0.1, -0.05) is 18.2 Å². The Hall–Kier alpha value is -3.48. The number of rotatable bonds is 14. The van der Waals surface area contributed by atoms with E-state index in [1.54, 1.807) is 6.20 Å². The van der Waals surface area contributed by atoms with Crippen LogP contribution in [0.25, 0.3) is 10.9 Å². The monoisotopic (exact) mass is 490 g/mol. The Morgan fingerprint density at radius 1 is 1.00 bits per heavy atom. The van der Waals surface area contributed by atoms with E-state index < -0.39 is 54.5 Å². The first-order valence-corrected chi connectivity index (χ1v) is 11.4. The third-order valence-corrected chi connectivity index (χ3v) is 5.58. The first-order valence-electron chi connectivity index (χ1n) is 11.4. The van der Waals surface area contributed by atoms with Gasteiger partial charge in [0.1, 0.15) is 24.2 Å². The van der Waals surface area contributed by atoms with Crippen molar-refractivity contribution in [1.82, 2.24) is 20.9 Å². The molecule has 0 aliphatic carbocycles. The standard InChI is InChI=1S/C23H34N6O6/c1-13(27-22(33)18(8-4-5-9-24)28-21(32)16(25)12-30)20(31)29-19(23(34)35)10-14-11-26-17-7-3-2-6-15(14)17/h2-3,6-7,11,13,16,18-19,26,30H,4-5,8-10,12,24-25H2,1H3,(H,27,33)(H,28,32)(H,29,31)(H,34,35). The number of aromatic amines is 1. The summed E-state index contributed by atoms with van der Waals surface area (Å²) in [5.74, 6) is -3.24. The zero-order chi connectivity index (χ0) is 26.0. The van der Waals surface area contributed by atoms with E-state index in [-0.39, 0.29) is 12.8 Å². The van der Waals surface area contributed by atoms with Crippen molar-refractivity contribution in [3.8, 4) is 0 Å². The lowest BCUT2D eigenvalue weighted by molar-refractivity contribution is -0.142. The maximum Gasteiger partial charge on any atom is 0.326 e. The highest BCUT2D eigenvalue weighted by Crippen LogP contribution is 2.19. The maximum absolute atomic E-state index is 12.8. The quantitative estimate of drug-likeness (QED) is 0.149. The first-order chi connectivity index (χ1) is 16.7. The van der Waals surface area contributed by atoms with Crippen molar-refractivity contribution in [1.29, 1.82) is 0 Å². The molecule has 1 aromatic heterocycles. The van der Waals surface area contributed by atoms with Crippen LogP contribution in [-0.4, -0.2) is 76.2 Å². The van der Waals surface area contributed by atoms with Crippen LogP contribution in [0.5, 0.6) is 0 Å². The Labute approximate surface area is 202 Å². The third-order valence-electron chi connectivity index (χ3n) is 5.58. The lowest BCUT2D eigenvalue weighted by Crippen LogP contribution is -2.56. The lowest BCUT2D eigenvalue weighted by Gasteiger charge is -2.23. The molecule has 12 nitrogen and oxygen atoms in total. The molecule has 0 bridgehead atoms. The number of aliphatic hydroxyl groups excluding tert-OH is 1. The summed E-state index contributed by atoms with van der Waals surface area (Å²) in [7, 11) is 0. The average Bonchev–Trinajstić information content (AvgIpc) is 3.24. The van der Waals surface area contributed by atoms with Gasteiger partial charge in [0.05, 0.1) is 6.61 Å².